The molecule has 12 heteroatoms. The molecule has 0 spiro atoms. The second-order valence-corrected chi connectivity index (χ2v) is 10.6. The molecule has 0 aromatic heterocycles. The van der Waals surface area contributed by atoms with Crippen molar-refractivity contribution in [2.24, 2.45) is 5.92 Å². The fraction of sp³-hybridized carbons (Fsp3) is 0.640. The van der Waals surface area contributed by atoms with Crippen LogP contribution in [0.3, 0.4) is 0 Å². The Morgan fingerprint density at radius 1 is 1.24 bits per heavy atom. The highest BCUT2D eigenvalue weighted by molar-refractivity contribution is 6.33. The fourth-order valence-corrected chi connectivity index (χ4v) is 5.66. The van der Waals surface area contributed by atoms with Crippen LogP contribution in [0.15, 0.2) is 18.2 Å². The number of hydrogen-bond donors (Lipinski definition) is 2. The molecular formula is C25H35ClF2N6O3. The van der Waals surface area contributed by atoms with Gasteiger partial charge in [-0.1, -0.05) is 11.6 Å². The summed E-state index contributed by atoms with van der Waals surface area (Å²) >= 11 is 6.34. The van der Waals surface area contributed by atoms with Crippen molar-refractivity contribution in [2.75, 3.05) is 77.4 Å². The molecule has 1 aromatic carbocycles. The minimum absolute atomic E-state index is 0.0763. The zero-order valence-corrected chi connectivity index (χ0v) is 21.9. The van der Waals surface area contributed by atoms with Crippen molar-refractivity contribution < 1.29 is 23.2 Å². The van der Waals surface area contributed by atoms with E-state index in [-0.39, 0.29) is 24.8 Å². The van der Waals surface area contributed by atoms with Gasteiger partial charge in [-0.15, -0.1) is 0 Å². The molecule has 0 saturated carbocycles. The molecule has 1 aromatic rings. The van der Waals surface area contributed by atoms with Gasteiger partial charge < -0.3 is 15.1 Å². The highest BCUT2D eigenvalue weighted by Gasteiger charge is 2.48. The molecule has 0 radical (unpaired) electrons. The molecule has 0 aliphatic carbocycles. The van der Waals surface area contributed by atoms with Crippen LogP contribution in [-0.4, -0.2) is 117 Å². The van der Waals surface area contributed by atoms with E-state index in [1.165, 1.54) is 0 Å². The van der Waals surface area contributed by atoms with Crippen molar-refractivity contribution in [1.29, 1.82) is 0 Å². The highest BCUT2D eigenvalue weighted by atomic mass is 35.5. The Bertz CT molecular complexity index is 985. The van der Waals surface area contributed by atoms with Crippen molar-refractivity contribution in [3.05, 3.63) is 28.8 Å². The summed E-state index contributed by atoms with van der Waals surface area (Å²) in [6.07, 6.45) is 0.953. The number of hydrogen-bond acceptors (Lipinski definition) is 7. The number of anilines is 1. The number of imide groups is 1. The zero-order valence-electron chi connectivity index (χ0n) is 21.1. The molecular weight excluding hydrogens is 506 g/mol. The van der Waals surface area contributed by atoms with E-state index in [2.05, 4.69) is 15.5 Å². The van der Waals surface area contributed by atoms with E-state index in [0.717, 1.165) is 19.6 Å². The molecule has 37 heavy (non-hydrogen) atoms. The van der Waals surface area contributed by atoms with Gasteiger partial charge in [-0.3, -0.25) is 29.5 Å². The van der Waals surface area contributed by atoms with E-state index in [0.29, 0.717) is 74.3 Å². The number of alkyl halides is 2. The summed E-state index contributed by atoms with van der Waals surface area (Å²) in [4.78, 5) is 43.0. The average Bonchev–Trinajstić information content (AvgIpc) is 2.85. The number of piperidine rings is 1. The van der Waals surface area contributed by atoms with Crippen molar-refractivity contribution in [2.45, 2.75) is 24.8 Å². The summed E-state index contributed by atoms with van der Waals surface area (Å²) in [5.41, 5.74) is 1.16. The summed E-state index contributed by atoms with van der Waals surface area (Å²) in [6, 6.07) is 4.45. The lowest BCUT2D eigenvalue weighted by Gasteiger charge is -2.49. The van der Waals surface area contributed by atoms with Crippen LogP contribution in [0.2, 0.25) is 5.02 Å². The van der Waals surface area contributed by atoms with Gasteiger partial charge in [0.2, 0.25) is 12.3 Å². The highest BCUT2D eigenvalue weighted by Crippen LogP contribution is 2.33. The van der Waals surface area contributed by atoms with Gasteiger partial charge in [0.1, 0.15) is 0 Å². The molecule has 1 atom stereocenters. The summed E-state index contributed by atoms with van der Waals surface area (Å²) < 4.78 is 28.4. The van der Waals surface area contributed by atoms with Crippen molar-refractivity contribution in [3.8, 4) is 0 Å². The predicted octanol–water partition coefficient (Wildman–Crippen LogP) is 1.13. The number of nitrogens with one attached hydrogen (secondary N) is 2. The Morgan fingerprint density at radius 3 is 2.65 bits per heavy atom. The van der Waals surface area contributed by atoms with Crippen LogP contribution in [0, 0.1) is 5.92 Å². The van der Waals surface area contributed by atoms with Crippen molar-refractivity contribution in [3.63, 3.8) is 0 Å². The van der Waals surface area contributed by atoms with Gasteiger partial charge in [0.15, 0.2) is 0 Å². The zero-order chi connectivity index (χ0) is 26.6. The van der Waals surface area contributed by atoms with E-state index in [1.54, 1.807) is 30.1 Å². The van der Waals surface area contributed by atoms with Crippen LogP contribution < -0.4 is 15.5 Å². The first-order valence-corrected chi connectivity index (χ1v) is 13.1. The summed E-state index contributed by atoms with van der Waals surface area (Å²) in [7, 11) is 1.77. The minimum atomic E-state index is -2.67. The predicted molar refractivity (Wildman–Crippen MR) is 137 cm³/mol. The number of amides is 3. The number of benzene rings is 1. The first-order chi connectivity index (χ1) is 17.7. The standard InChI is InChI=1S/C25H35ClF2N6O3/c1-31(7-5-23(36)30-17-35)21-12-19(2-3-20(21)26)24(37)33-10-8-32(9-11-33)13-18-14-34(15-18)22-4-6-29-16-25(22,27)28/h2-3,12,17-18,22,29H,4-11,13-16H2,1H3,(H,30,35,36). The van der Waals surface area contributed by atoms with Gasteiger partial charge in [0, 0.05) is 71.4 Å². The van der Waals surface area contributed by atoms with E-state index >= 15 is 0 Å². The lowest BCUT2D eigenvalue weighted by molar-refractivity contribution is -0.126. The lowest BCUT2D eigenvalue weighted by atomic mass is 9.91. The fourth-order valence-electron chi connectivity index (χ4n) is 5.40. The van der Waals surface area contributed by atoms with Crippen molar-refractivity contribution in [1.82, 2.24) is 25.3 Å². The van der Waals surface area contributed by atoms with Gasteiger partial charge in [0.05, 0.1) is 23.3 Å². The molecule has 3 aliphatic rings. The van der Waals surface area contributed by atoms with Gasteiger partial charge in [0.25, 0.3) is 11.8 Å². The second kappa shape index (κ2) is 12.0. The Hall–Kier alpha value is -2.34. The Labute approximate surface area is 221 Å². The summed E-state index contributed by atoms with van der Waals surface area (Å²) in [5, 5.41) is 5.36. The largest absolute Gasteiger partial charge is 0.373 e. The summed E-state index contributed by atoms with van der Waals surface area (Å²) in [5.74, 6) is -2.75. The van der Waals surface area contributed by atoms with Crippen LogP contribution >= 0.6 is 11.6 Å². The van der Waals surface area contributed by atoms with Crippen LogP contribution in [0.1, 0.15) is 23.2 Å². The second-order valence-electron chi connectivity index (χ2n) is 10.2. The van der Waals surface area contributed by atoms with E-state index in [1.807, 2.05) is 9.80 Å². The third kappa shape index (κ3) is 6.76. The van der Waals surface area contributed by atoms with E-state index < -0.39 is 12.0 Å². The third-order valence-electron chi connectivity index (χ3n) is 7.54. The van der Waals surface area contributed by atoms with Gasteiger partial charge in [-0.05, 0) is 37.1 Å². The molecule has 3 amide bonds. The number of piperazine rings is 1. The number of nitrogens with zero attached hydrogens (tertiary/aromatic N) is 4. The van der Waals surface area contributed by atoms with Gasteiger partial charge in [-0.25, -0.2) is 8.78 Å². The average molecular weight is 541 g/mol. The SMILES string of the molecule is CN(CCC(=O)NC=O)c1cc(C(=O)N2CCN(CC3CN(C4CCNCC4(F)F)C3)CC2)ccc1Cl. The van der Waals surface area contributed by atoms with E-state index in [4.69, 9.17) is 11.6 Å². The first kappa shape index (κ1) is 27.7. The maximum atomic E-state index is 14.2. The van der Waals surface area contributed by atoms with Crippen LogP contribution in [0.25, 0.3) is 0 Å². The van der Waals surface area contributed by atoms with Crippen LogP contribution in [0.5, 0.6) is 0 Å². The lowest BCUT2D eigenvalue weighted by Crippen LogP contribution is -2.64. The van der Waals surface area contributed by atoms with E-state index in [9.17, 15) is 23.2 Å². The topological polar surface area (TPSA) is 88.2 Å². The molecule has 204 valence electrons. The number of likely N-dealkylation sites (tertiary alicyclic amines) is 1. The maximum absolute atomic E-state index is 14.2. The molecule has 2 N–H and O–H groups in total. The number of carbonyl (C=O) groups is 3. The molecule has 4 rings (SSSR count). The number of halogens is 3. The maximum Gasteiger partial charge on any atom is 0.275 e. The molecule has 0 bridgehead atoms. The Morgan fingerprint density at radius 2 is 1.97 bits per heavy atom. The first-order valence-electron chi connectivity index (χ1n) is 12.8. The monoisotopic (exact) mass is 540 g/mol. The summed E-state index contributed by atoms with van der Waals surface area (Å²) in [6.45, 7) is 5.71. The van der Waals surface area contributed by atoms with Crippen LogP contribution in [0.4, 0.5) is 14.5 Å². The quantitative estimate of drug-likeness (QED) is 0.454. The van der Waals surface area contributed by atoms with Gasteiger partial charge >= 0.3 is 0 Å². The number of rotatable bonds is 9. The Balaban J connectivity index is 1.24. The molecule has 3 heterocycles. The van der Waals surface area contributed by atoms with Crippen molar-refractivity contribution >= 4 is 35.5 Å². The smallest absolute Gasteiger partial charge is 0.275 e. The minimum Gasteiger partial charge on any atom is -0.373 e. The third-order valence-corrected chi connectivity index (χ3v) is 7.86. The molecule has 9 nitrogen and oxygen atoms in total. The number of carbonyl (C=O) groups excluding carboxylic acids is 3. The normalized spacial score (nSPS) is 22.8. The van der Waals surface area contributed by atoms with Crippen LogP contribution in [-0.2, 0) is 9.59 Å². The Kier molecular flexibility index (Phi) is 8.99. The molecule has 1 unspecified atom stereocenters. The molecule has 3 aliphatic heterocycles. The van der Waals surface area contributed by atoms with Gasteiger partial charge in [-0.2, -0.15) is 0 Å². The molecule has 3 saturated heterocycles. The molecule has 3 fully saturated rings.